The zero-order valence-corrected chi connectivity index (χ0v) is 20.3. The molecule has 3 amide bonds. The molecule has 12 heteroatoms. The maximum Gasteiger partial charge on any atom is 0.390 e. The number of hydrogen-bond acceptors (Lipinski definition) is 9. The minimum Gasteiger partial charge on any atom is -0.497 e. The molecule has 2 fully saturated rings. The third-order valence-electron chi connectivity index (χ3n) is 6.25. The first kappa shape index (κ1) is 24.9. The van der Waals surface area contributed by atoms with Crippen LogP contribution in [0, 0.1) is 0 Å². The van der Waals surface area contributed by atoms with Gasteiger partial charge in [-0.3, -0.25) is 24.8 Å². The van der Waals surface area contributed by atoms with Crippen molar-refractivity contribution in [3.8, 4) is 11.5 Å². The number of urea groups is 1. The zero-order valence-electron chi connectivity index (χ0n) is 20.3. The fourth-order valence-corrected chi connectivity index (χ4v) is 4.23. The lowest BCUT2D eigenvalue weighted by molar-refractivity contribution is -0.545. The SMILES string of the molecule is COc1ccc(OCC(O)C[N+]2=C(NCCN3CCOCC3)N=C3C2C(=O)N(C)C(=O)N3C)cc1. The molecule has 2 unspecified atom stereocenters. The number of aliphatic hydroxyl groups is 1. The second-order valence-corrected chi connectivity index (χ2v) is 8.61. The first-order chi connectivity index (χ1) is 16.9. The van der Waals surface area contributed by atoms with Crippen LogP contribution in [0.5, 0.6) is 11.5 Å². The molecule has 0 saturated carbocycles. The Morgan fingerprint density at radius 1 is 1.17 bits per heavy atom. The Bertz CT molecular complexity index is 991. The molecular formula is C23H33N6O6+. The highest BCUT2D eigenvalue weighted by molar-refractivity contribution is 6.22. The fraction of sp³-hybridized carbons (Fsp3) is 0.565. The van der Waals surface area contributed by atoms with Crippen LogP contribution >= 0.6 is 0 Å². The number of aliphatic hydroxyl groups excluding tert-OH is 1. The predicted molar refractivity (Wildman–Crippen MR) is 127 cm³/mol. The summed E-state index contributed by atoms with van der Waals surface area (Å²) in [6.45, 7) is 4.62. The standard InChI is InChI=1S/C23H32N6O6/c1-26-20-19(21(31)27(2)23(26)32)29(22(25-20)24-8-9-28-10-12-34-13-11-28)14-16(30)15-35-18-6-4-17(33-3)5-7-18/h4-7,16,19,30H,8-15H2,1-3H3/p+1. The first-order valence-corrected chi connectivity index (χ1v) is 11.7. The quantitative estimate of drug-likeness (QED) is 0.426. The van der Waals surface area contributed by atoms with Crippen LogP contribution < -0.4 is 14.8 Å². The van der Waals surface area contributed by atoms with Crippen LogP contribution in [0.3, 0.4) is 0 Å². The number of ether oxygens (including phenoxy) is 3. The Morgan fingerprint density at radius 2 is 1.86 bits per heavy atom. The maximum atomic E-state index is 13.0. The van der Waals surface area contributed by atoms with Gasteiger partial charge in [0.25, 0.3) is 5.91 Å². The van der Waals surface area contributed by atoms with Crippen molar-refractivity contribution in [2.24, 2.45) is 4.99 Å². The molecule has 3 aliphatic rings. The largest absolute Gasteiger partial charge is 0.497 e. The average molecular weight is 490 g/mol. The molecule has 4 rings (SSSR count). The number of likely N-dealkylation sites (N-methyl/N-ethyl adjacent to an activating group) is 2. The highest BCUT2D eigenvalue weighted by Crippen LogP contribution is 2.20. The molecule has 190 valence electrons. The molecule has 0 radical (unpaired) electrons. The second-order valence-electron chi connectivity index (χ2n) is 8.61. The van der Waals surface area contributed by atoms with Crippen LogP contribution in [0.15, 0.2) is 29.3 Å². The number of fused-ring (bicyclic) bond motifs is 1. The summed E-state index contributed by atoms with van der Waals surface area (Å²) >= 11 is 0. The van der Waals surface area contributed by atoms with E-state index in [1.54, 1.807) is 43.0 Å². The van der Waals surface area contributed by atoms with Crippen molar-refractivity contribution in [3.63, 3.8) is 0 Å². The highest BCUT2D eigenvalue weighted by Gasteiger charge is 2.51. The third-order valence-corrected chi connectivity index (χ3v) is 6.25. The van der Waals surface area contributed by atoms with Gasteiger partial charge in [-0.05, 0) is 24.3 Å². The molecule has 2 N–H and O–H groups in total. The smallest absolute Gasteiger partial charge is 0.390 e. The van der Waals surface area contributed by atoms with Crippen molar-refractivity contribution in [2.45, 2.75) is 12.1 Å². The van der Waals surface area contributed by atoms with E-state index in [4.69, 9.17) is 14.2 Å². The number of β-amino-alcohol motifs (C(OH)–C–C–N with tert-alkyl or cyclic N) is 1. The van der Waals surface area contributed by atoms with E-state index in [-0.39, 0.29) is 19.1 Å². The normalized spacial score (nSPS) is 21.7. The number of carbonyl (C=O) groups excluding carboxylic acids is 2. The zero-order chi connectivity index (χ0) is 24.9. The van der Waals surface area contributed by atoms with Crippen LogP contribution in [0.2, 0.25) is 0 Å². The number of morpholine rings is 1. The molecular weight excluding hydrogens is 456 g/mol. The number of guanidine groups is 1. The minimum absolute atomic E-state index is 0.0186. The summed E-state index contributed by atoms with van der Waals surface area (Å²) in [5.74, 6) is 1.70. The Kier molecular flexibility index (Phi) is 7.83. The van der Waals surface area contributed by atoms with Crippen molar-refractivity contribution < 1.29 is 33.5 Å². The van der Waals surface area contributed by atoms with Gasteiger partial charge in [0.1, 0.15) is 24.2 Å². The lowest BCUT2D eigenvalue weighted by Crippen LogP contribution is -2.62. The van der Waals surface area contributed by atoms with Gasteiger partial charge in [-0.2, -0.15) is 0 Å². The number of nitrogens with zero attached hydrogens (tertiary/aromatic N) is 5. The van der Waals surface area contributed by atoms with Gasteiger partial charge >= 0.3 is 12.0 Å². The number of aliphatic imine (C=N–C) groups is 1. The lowest BCUT2D eigenvalue weighted by Gasteiger charge is -2.32. The molecule has 0 bridgehead atoms. The van der Waals surface area contributed by atoms with Gasteiger partial charge in [-0.25, -0.2) is 9.37 Å². The maximum absolute atomic E-state index is 13.0. The molecule has 12 nitrogen and oxygen atoms in total. The first-order valence-electron chi connectivity index (χ1n) is 11.7. The van der Waals surface area contributed by atoms with Crippen molar-refractivity contribution in [1.82, 2.24) is 20.0 Å². The van der Waals surface area contributed by atoms with Gasteiger partial charge in [0.05, 0.1) is 33.4 Å². The van der Waals surface area contributed by atoms with E-state index in [0.717, 1.165) is 24.5 Å². The molecule has 3 heterocycles. The lowest BCUT2D eigenvalue weighted by atomic mass is 10.1. The van der Waals surface area contributed by atoms with E-state index in [0.29, 0.717) is 43.1 Å². The summed E-state index contributed by atoms with van der Waals surface area (Å²) < 4.78 is 18.0. The second kappa shape index (κ2) is 11.0. The Balaban J connectivity index is 1.45. The number of amidine groups is 1. The monoisotopic (exact) mass is 489 g/mol. The molecule has 0 spiro atoms. The molecule has 0 aliphatic carbocycles. The number of methoxy groups -OCH3 is 1. The van der Waals surface area contributed by atoms with Gasteiger partial charge in [-0.1, -0.05) is 4.99 Å². The summed E-state index contributed by atoms with van der Waals surface area (Å²) in [5.41, 5.74) is 0. The summed E-state index contributed by atoms with van der Waals surface area (Å²) in [6, 6.07) is 5.82. The number of nitrogens with one attached hydrogen (secondary N) is 1. The molecule has 1 aromatic rings. The van der Waals surface area contributed by atoms with Crippen molar-refractivity contribution in [3.05, 3.63) is 24.3 Å². The molecule has 1 aromatic carbocycles. The molecule has 35 heavy (non-hydrogen) atoms. The summed E-state index contributed by atoms with van der Waals surface area (Å²) in [6.07, 6.45) is -0.913. The summed E-state index contributed by atoms with van der Waals surface area (Å²) in [4.78, 5) is 34.8. The molecule has 2 atom stereocenters. The van der Waals surface area contributed by atoms with Crippen LogP contribution in [0.1, 0.15) is 0 Å². The Hall–Kier alpha value is -3.22. The third kappa shape index (κ3) is 5.55. The summed E-state index contributed by atoms with van der Waals surface area (Å²) in [7, 11) is 4.63. The van der Waals surface area contributed by atoms with Crippen molar-refractivity contribution in [1.29, 1.82) is 0 Å². The van der Waals surface area contributed by atoms with E-state index < -0.39 is 18.2 Å². The molecule has 2 saturated heterocycles. The minimum atomic E-state index is -0.913. The van der Waals surface area contributed by atoms with Gasteiger partial charge in [0.15, 0.2) is 0 Å². The van der Waals surface area contributed by atoms with E-state index in [9.17, 15) is 14.7 Å². The number of imide groups is 1. The van der Waals surface area contributed by atoms with E-state index >= 15 is 0 Å². The van der Waals surface area contributed by atoms with Crippen molar-refractivity contribution >= 4 is 23.7 Å². The van der Waals surface area contributed by atoms with Gasteiger partial charge in [0.2, 0.25) is 11.9 Å². The fourth-order valence-electron chi connectivity index (χ4n) is 4.23. The van der Waals surface area contributed by atoms with Crippen molar-refractivity contribution in [2.75, 3.05) is 73.7 Å². The van der Waals surface area contributed by atoms with E-state index in [2.05, 4.69) is 15.2 Å². The Labute approximate surface area is 204 Å². The number of rotatable bonds is 9. The number of benzene rings is 1. The van der Waals surface area contributed by atoms with Crippen LogP contribution in [-0.4, -0.2) is 134 Å². The van der Waals surface area contributed by atoms with Gasteiger partial charge < -0.3 is 19.3 Å². The van der Waals surface area contributed by atoms with Crippen LogP contribution in [-0.2, 0) is 9.53 Å². The predicted octanol–water partition coefficient (Wildman–Crippen LogP) is -0.970. The van der Waals surface area contributed by atoms with Crippen LogP contribution in [0.4, 0.5) is 4.79 Å². The van der Waals surface area contributed by atoms with E-state index in [1.807, 2.05) is 0 Å². The van der Waals surface area contributed by atoms with Gasteiger partial charge in [0, 0.05) is 33.7 Å². The Morgan fingerprint density at radius 3 is 2.54 bits per heavy atom. The van der Waals surface area contributed by atoms with Gasteiger partial charge in [-0.15, -0.1) is 0 Å². The van der Waals surface area contributed by atoms with E-state index in [1.165, 1.54) is 11.9 Å². The average Bonchev–Trinajstić information content (AvgIpc) is 3.24. The molecule has 3 aliphatic heterocycles. The van der Waals surface area contributed by atoms with Crippen LogP contribution in [0.25, 0.3) is 0 Å². The molecule has 0 aromatic heterocycles. The number of hydrogen-bond donors (Lipinski definition) is 2. The number of carbonyl (C=O) groups is 2. The highest BCUT2D eigenvalue weighted by atomic mass is 16.5. The number of amides is 3. The summed E-state index contributed by atoms with van der Waals surface area (Å²) in [5, 5.41) is 14.1. The topological polar surface area (TPSA) is 119 Å².